The van der Waals surface area contributed by atoms with Crippen LogP contribution in [0.4, 0.5) is 0 Å². The van der Waals surface area contributed by atoms with Crippen molar-refractivity contribution >= 4 is 27.5 Å². The van der Waals surface area contributed by atoms with Gasteiger partial charge in [0.1, 0.15) is 0 Å². The lowest BCUT2D eigenvalue weighted by molar-refractivity contribution is 0.0991. The van der Waals surface area contributed by atoms with E-state index in [1.165, 1.54) is 22.5 Å². The molecule has 0 fully saturated rings. The highest BCUT2D eigenvalue weighted by molar-refractivity contribution is 7.16. The topological polar surface area (TPSA) is 61.4 Å². The summed E-state index contributed by atoms with van der Waals surface area (Å²) in [4.78, 5) is 17.8. The van der Waals surface area contributed by atoms with Crippen LogP contribution >= 0.6 is 11.3 Å². The first-order valence-corrected chi connectivity index (χ1v) is 9.88. The second-order valence-electron chi connectivity index (χ2n) is 7.06. The van der Waals surface area contributed by atoms with Crippen molar-refractivity contribution in [3.05, 3.63) is 45.5 Å². The third-order valence-electron chi connectivity index (χ3n) is 4.65. The van der Waals surface area contributed by atoms with Crippen LogP contribution in [0, 0.1) is 20.8 Å². The third-order valence-corrected chi connectivity index (χ3v) is 5.69. The lowest BCUT2D eigenvalue weighted by atomic mass is 10.1. The molecule has 6 nitrogen and oxygen atoms in total. The van der Waals surface area contributed by atoms with Crippen molar-refractivity contribution < 1.29 is 9.53 Å². The molecular formula is C20H26N4O2S. The molecule has 0 atom stereocenters. The Morgan fingerprint density at radius 3 is 2.56 bits per heavy atom. The molecule has 0 spiro atoms. The van der Waals surface area contributed by atoms with Gasteiger partial charge in [-0.1, -0.05) is 11.3 Å². The number of ether oxygens (including phenoxy) is 1. The molecule has 0 aliphatic carbocycles. The van der Waals surface area contributed by atoms with E-state index in [0.717, 1.165) is 15.9 Å². The standard InChI is InChI=1S/C20H26N4O2S/c1-12(2)24-15(5)11-16(22-24)19(25)21-20-23(7-8-26-6)17-9-13(3)14(4)10-18(17)27-20/h9-12H,7-8H2,1-6H3. The Hall–Kier alpha value is -2.25. The number of hydrogen-bond donors (Lipinski definition) is 0. The Labute approximate surface area is 163 Å². The van der Waals surface area contributed by atoms with Crippen molar-refractivity contribution in [2.45, 2.75) is 47.2 Å². The average molecular weight is 387 g/mol. The predicted molar refractivity (Wildman–Crippen MR) is 108 cm³/mol. The summed E-state index contributed by atoms with van der Waals surface area (Å²) in [6.45, 7) is 11.4. The number of rotatable bonds is 5. The third kappa shape index (κ3) is 3.89. The highest BCUT2D eigenvalue weighted by Gasteiger charge is 2.15. The highest BCUT2D eigenvalue weighted by Crippen LogP contribution is 2.22. The van der Waals surface area contributed by atoms with Gasteiger partial charge in [-0.25, -0.2) is 0 Å². The molecular weight excluding hydrogens is 360 g/mol. The lowest BCUT2D eigenvalue weighted by Crippen LogP contribution is -2.19. The minimum Gasteiger partial charge on any atom is -0.383 e. The van der Waals surface area contributed by atoms with Crippen LogP contribution in [0.15, 0.2) is 23.2 Å². The van der Waals surface area contributed by atoms with E-state index in [0.29, 0.717) is 23.6 Å². The van der Waals surface area contributed by atoms with E-state index in [2.05, 4.69) is 40.6 Å². The number of carbonyl (C=O) groups is 1. The molecule has 0 saturated heterocycles. The van der Waals surface area contributed by atoms with E-state index in [1.54, 1.807) is 13.2 Å². The normalized spacial score (nSPS) is 12.5. The van der Waals surface area contributed by atoms with Crippen LogP contribution in [0.25, 0.3) is 10.2 Å². The van der Waals surface area contributed by atoms with E-state index in [9.17, 15) is 4.79 Å². The molecule has 144 valence electrons. The minimum absolute atomic E-state index is 0.202. The predicted octanol–water partition coefficient (Wildman–Crippen LogP) is 3.79. The molecule has 0 N–H and O–H groups in total. The Balaban J connectivity index is 2.11. The summed E-state index contributed by atoms with van der Waals surface area (Å²) >= 11 is 1.52. The molecule has 2 aromatic heterocycles. The number of hydrogen-bond acceptors (Lipinski definition) is 4. The van der Waals surface area contributed by atoms with Crippen molar-refractivity contribution in [2.75, 3.05) is 13.7 Å². The lowest BCUT2D eigenvalue weighted by Gasteiger charge is -2.06. The number of nitrogens with zero attached hydrogens (tertiary/aromatic N) is 4. The van der Waals surface area contributed by atoms with E-state index in [-0.39, 0.29) is 11.9 Å². The molecule has 0 unspecified atom stereocenters. The SMILES string of the molecule is COCCn1c(=NC(=O)c2cc(C)n(C(C)C)n2)sc2cc(C)c(C)cc21. The second-order valence-corrected chi connectivity index (χ2v) is 8.07. The molecule has 7 heteroatoms. The summed E-state index contributed by atoms with van der Waals surface area (Å²) in [5.74, 6) is -0.316. The molecule has 27 heavy (non-hydrogen) atoms. The first-order chi connectivity index (χ1) is 12.8. The Morgan fingerprint density at radius 1 is 1.22 bits per heavy atom. The van der Waals surface area contributed by atoms with Gasteiger partial charge >= 0.3 is 0 Å². The molecule has 3 aromatic rings. The fourth-order valence-corrected chi connectivity index (χ4v) is 4.20. The molecule has 1 aromatic carbocycles. The molecule has 1 amide bonds. The summed E-state index contributed by atoms with van der Waals surface area (Å²) in [5.41, 5.74) is 4.86. The highest BCUT2D eigenvalue weighted by atomic mass is 32.1. The van der Waals surface area contributed by atoms with Crippen LogP contribution in [0.5, 0.6) is 0 Å². The van der Waals surface area contributed by atoms with Gasteiger partial charge in [-0.05, 0) is 63.9 Å². The van der Waals surface area contributed by atoms with Gasteiger partial charge in [-0.15, -0.1) is 0 Å². The summed E-state index contributed by atoms with van der Waals surface area (Å²) < 4.78 is 10.3. The minimum atomic E-state index is -0.316. The number of carbonyl (C=O) groups excluding carboxylic acids is 1. The fraction of sp³-hybridized carbons (Fsp3) is 0.450. The number of aromatic nitrogens is 3. The van der Waals surface area contributed by atoms with Gasteiger partial charge in [0.25, 0.3) is 5.91 Å². The van der Waals surface area contributed by atoms with Gasteiger partial charge < -0.3 is 9.30 Å². The van der Waals surface area contributed by atoms with Gasteiger partial charge in [0.05, 0.1) is 16.8 Å². The molecule has 0 aliphatic heterocycles. The number of fused-ring (bicyclic) bond motifs is 1. The Kier molecular flexibility index (Phi) is 5.62. The van der Waals surface area contributed by atoms with E-state index >= 15 is 0 Å². The zero-order chi connectivity index (χ0) is 19.7. The molecule has 3 rings (SSSR count). The Bertz CT molecular complexity index is 1060. The summed E-state index contributed by atoms with van der Waals surface area (Å²) in [6.07, 6.45) is 0. The maximum Gasteiger partial charge on any atom is 0.300 e. The summed E-state index contributed by atoms with van der Waals surface area (Å²) in [6, 6.07) is 6.30. The smallest absolute Gasteiger partial charge is 0.300 e. The van der Waals surface area contributed by atoms with Gasteiger partial charge in [0.15, 0.2) is 10.5 Å². The monoisotopic (exact) mass is 386 g/mol. The van der Waals surface area contributed by atoms with Crippen molar-refractivity contribution in [1.29, 1.82) is 0 Å². The van der Waals surface area contributed by atoms with Crippen LogP contribution in [-0.2, 0) is 11.3 Å². The van der Waals surface area contributed by atoms with Crippen LogP contribution in [-0.4, -0.2) is 34.0 Å². The van der Waals surface area contributed by atoms with Crippen LogP contribution < -0.4 is 4.80 Å². The van der Waals surface area contributed by atoms with Gasteiger partial charge in [0, 0.05) is 25.4 Å². The van der Waals surface area contributed by atoms with Crippen molar-refractivity contribution in [1.82, 2.24) is 14.3 Å². The van der Waals surface area contributed by atoms with E-state index in [4.69, 9.17) is 4.74 Å². The summed E-state index contributed by atoms with van der Waals surface area (Å²) in [7, 11) is 1.67. The number of methoxy groups -OCH3 is 1. The van der Waals surface area contributed by atoms with Crippen molar-refractivity contribution in [3.63, 3.8) is 0 Å². The molecule has 0 radical (unpaired) electrons. The zero-order valence-corrected chi connectivity index (χ0v) is 17.6. The van der Waals surface area contributed by atoms with Gasteiger partial charge in [0.2, 0.25) is 0 Å². The zero-order valence-electron chi connectivity index (χ0n) is 16.7. The molecule has 0 aliphatic rings. The summed E-state index contributed by atoms with van der Waals surface area (Å²) in [5, 5.41) is 4.42. The maximum atomic E-state index is 12.8. The number of amides is 1. The first kappa shape index (κ1) is 19.5. The molecule has 0 saturated carbocycles. The van der Waals surface area contributed by atoms with Gasteiger partial charge in [-0.3, -0.25) is 9.48 Å². The molecule has 0 bridgehead atoms. The van der Waals surface area contributed by atoms with Crippen LogP contribution in [0.2, 0.25) is 0 Å². The quantitative estimate of drug-likeness (QED) is 0.670. The van der Waals surface area contributed by atoms with Crippen molar-refractivity contribution in [3.8, 4) is 0 Å². The van der Waals surface area contributed by atoms with Crippen molar-refractivity contribution in [2.24, 2.45) is 4.99 Å². The van der Waals surface area contributed by atoms with Crippen LogP contribution in [0.1, 0.15) is 47.2 Å². The Morgan fingerprint density at radius 2 is 1.93 bits per heavy atom. The number of thiazole rings is 1. The van der Waals surface area contributed by atoms with E-state index in [1.807, 2.05) is 25.5 Å². The number of benzene rings is 1. The first-order valence-electron chi connectivity index (χ1n) is 9.06. The van der Waals surface area contributed by atoms with E-state index < -0.39 is 0 Å². The van der Waals surface area contributed by atoms with Crippen LogP contribution in [0.3, 0.4) is 0 Å². The maximum absolute atomic E-state index is 12.8. The average Bonchev–Trinajstić information content (AvgIpc) is 3.14. The van der Waals surface area contributed by atoms with Gasteiger partial charge in [-0.2, -0.15) is 10.1 Å². The fourth-order valence-electron chi connectivity index (χ4n) is 3.06. The largest absolute Gasteiger partial charge is 0.383 e. The number of aryl methyl sites for hydroxylation is 3. The second kappa shape index (κ2) is 7.78. The molecule has 2 heterocycles.